The normalized spacial score (nSPS) is 10.6. The number of alkyl halides is 2. The quantitative estimate of drug-likeness (QED) is 0.743. The van der Waals surface area contributed by atoms with Crippen molar-refractivity contribution in [1.29, 1.82) is 0 Å². The molecule has 0 N–H and O–H groups in total. The van der Waals surface area contributed by atoms with Crippen LogP contribution in [0, 0.1) is 5.92 Å². The summed E-state index contributed by atoms with van der Waals surface area (Å²) in [7, 11) is 0. The fourth-order valence-electron chi connectivity index (χ4n) is 1.10. The smallest absolute Gasteiger partial charge is 0.00708 e. The molecule has 0 aliphatic carbocycles. The molecule has 0 amide bonds. The predicted octanol–water partition coefficient (Wildman–Crippen LogP) is 3.64. The van der Waals surface area contributed by atoms with Crippen molar-refractivity contribution in [1.82, 2.24) is 0 Å². The molecular formula is C10H12Br2. The lowest BCUT2D eigenvalue weighted by Crippen LogP contribution is -2.07. The summed E-state index contributed by atoms with van der Waals surface area (Å²) >= 11 is 7.01. The van der Waals surface area contributed by atoms with E-state index >= 15 is 0 Å². The zero-order valence-corrected chi connectivity index (χ0v) is 10.0. The van der Waals surface area contributed by atoms with Gasteiger partial charge in [0.1, 0.15) is 0 Å². The summed E-state index contributed by atoms with van der Waals surface area (Å²) in [6.07, 6.45) is 1.15. The van der Waals surface area contributed by atoms with Gasteiger partial charge in [-0.2, -0.15) is 0 Å². The number of benzene rings is 1. The molecule has 1 rings (SSSR count). The SMILES string of the molecule is BrCC(CBr)Cc1ccccc1. The molecule has 0 fully saturated rings. The maximum Gasteiger partial charge on any atom is 0.00708 e. The van der Waals surface area contributed by atoms with Crippen molar-refractivity contribution in [3.63, 3.8) is 0 Å². The van der Waals surface area contributed by atoms with E-state index in [1.54, 1.807) is 0 Å². The fourth-order valence-corrected chi connectivity index (χ4v) is 2.63. The molecule has 0 saturated carbocycles. The highest BCUT2D eigenvalue weighted by atomic mass is 79.9. The fraction of sp³-hybridized carbons (Fsp3) is 0.400. The minimum atomic E-state index is 0.701. The first-order valence-corrected chi connectivity index (χ1v) is 6.27. The van der Waals surface area contributed by atoms with Gasteiger partial charge in [0.2, 0.25) is 0 Å². The summed E-state index contributed by atoms with van der Waals surface area (Å²) in [5, 5.41) is 2.13. The Morgan fingerprint density at radius 3 is 2.08 bits per heavy atom. The molecule has 0 aliphatic rings. The third kappa shape index (κ3) is 3.28. The van der Waals surface area contributed by atoms with Gasteiger partial charge in [0.15, 0.2) is 0 Å². The summed E-state index contributed by atoms with van der Waals surface area (Å²) in [5.74, 6) is 0.701. The van der Waals surface area contributed by atoms with Gasteiger partial charge in [0.25, 0.3) is 0 Å². The first-order chi connectivity index (χ1) is 5.86. The van der Waals surface area contributed by atoms with E-state index in [4.69, 9.17) is 0 Å². The number of rotatable bonds is 4. The molecule has 2 heteroatoms. The second-order valence-electron chi connectivity index (χ2n) is 2.86. The van der Waals surface area contributed by atoms with Crippen molar-refractivity contribution >= 4 is 31.9 Å². The highest BCUT2D eigenvalue weighted by molar-refractivity contribution is 9.09. The minimum absolute atomic E-state index is 0.701. The first kappa shape index (κ1) is 10.3. The van der Waals surface area contributed by atoms with Gasteiger partial charge in [-0.05, 0) is 17.9 Å². The average Bonchev–Trinajstić information content (AvgIpc) is 2.16. The van der Waals surface area contributed by atoms with Gasteiger partial charge in [-0.3, -0.25) is 0 Å². The van der Waals surface area contributed by atoms with Gasteiger partial charge in [0, 0.05) is 10.7 Å². The lowest BCUT2D eigenvalue weighted by atomic mass is 10.0. The molecule has 0 aromatic heterocycles. The minimum Gasteiger partial charge on any atom is -0.0925 e. The molecule has 66 valence electrons. The zero-order valence-electron chi connectivity index (χ0n) is 6.84. The predicted molar refractivity (Wildman–Crippen MR) is 61.2 cm³/mol. The van der Waals surface area contributed by atoms with E-state index in [0.29, 0.717) is 5.92 Å². The summed E-state index contributed by atoms with van der Waals surface area (Å²) in [4.78, 5) is 0. The van der Waals surface area contributed by atoms with E-state index in [-0.39, 0.29) is 0 Å². The van der Waals surface area contributed by atoms with Crippen LogP contribution in [-0.4, -0.2) is 10.7 Å². The standard InChI is InChI=1S/C10H12Br2/c11-7-10(8-12)6-9-4-2-1-3-5-9/h1-5,10H,6-8H2. The summed E-state index contributed by atoms with van der Waals surface area (Å²) in [6, 6.07) is 10.6. The number of halogens is 2. The third-order valence-corrected chi connectivity index (χ3v) is 3.63. The van der Waals surface area contributed by atoms with E-state index in [1.165, 1.54) is 5.56 Å². The van der Waals surface area contributed by atoms with Crippen LogP contribution in [0.3, 0.4) is 0 Å². The Morgan fingerprint density at radius 2 is 1.58 bits per heavy atom. The van der Waals surface area contributed by atoms with Gasteiger partial charge in [-0.25, -0.2) is 0 Å². The molecule has 1 aromatic rings. The van der Waals surface area contributed by atoms with Crippen LogP contribution < -0.4 is 0 Å². The Hall–Kier alpha value is 0.180. The maximum atomic E-state index is 3.50. The third-order valence-electron chi connectivity index (χ3n) is 1.80. The Bertz CT molecular complexity index is 204. The van der Waals surface area contributed by atoms with Crippen LogP contribution in [0.2, 0.25) is 0 Å². The van der Waals surface area contributed by atoms with Crippen LogP contribution in [-0.2, 0) is 6.42 Å². The second kappa shape index (κ2) is 5.76. The lowest BCUT2D eigenvalue weighted by Gasteiger charge is -2.09. The van der Waals surface area contributed by atoms with Crippen molar-refractivity contribution in [3.8, 4) is 0 Å². The van der Waals surface area contributed by atoms with Gasteiger partial charge in [0.05, 0.1) is 0 Å². The van der Waals surface area contributed by atoms with Crippen LogP contribution >= 0.6 is 31.9 Å². The topological polar surface area (TPSA) is 0 Å². The number of hydrogen-bond donors (Lipinski definition) is 0. The molecule has 0 saturated heterocycles. The summed E-state index contributed by atoms with van der Waals surface area (Å²) in [5.41, 5.74) is 1.42. The van der Waals surface area contributed by atoms with Crippen molar-refractivity contribution in [2.75, 3.05) is 10.7 Å². The van der Waals surface area contributed by atoms with Crippen molar-refractivity contribution in [2.24, 2.45) is 5.92 Å². The van der Waals surface area contributed by atoms with Gasteiger partial charge >= 0.3 is 0 Å². The monoisotopic (exact) mass is 290 g/mol. The molecule has 0 nitrogen and oxygen atoms in total. The van der Waals surface area contributed by atoms with E-state index in [0.717, 1.165) is 17.1 Å². The molecule has 0 heterocycles. The Kier molecular flexibility index (Phi) is 4.93. The van der Waals surface area contributed by atoms with Crippen molar-refractivity contribution in [3.05, 3.63) is 35.9 Å². The number of hydrogen-bond acceptors (Lipinski definition) is 0. The molecule has 0 unspecified atom stereocenters. The van der Waals surface area contributed by atoms with E-state index in [1.807, 2.05) is 0 Å². The molecule has 0 radical (unpaired) electrons. The van der Waals surface area contributed by atoms with Crippen LogP contribution in [0.25, 0.3) is 0 Å². The molecule has 1 aromatic carbocycles. The Morgan fingerprint density at radius 1 is 1.00 bits per heavy atom. The molecule has 0 atom stereocenters. The Labute approximate surface area is 90.6 Å². The zero-order chi connectivity index (χ0) is 8.81. The summed E-state index contributed by atoms with van der Waals surface area (Å²) in [6.45, 7) is 0. The average molecular weight is 292 g/mol. The molecular weight excluding hydrogens is 280 g/mol. The lowest BCUT2D eigenvalue weighted by molar-refractivity contribution is 0.679. The van der Waals surface area contributed by atoms with E-state index in [2.05, 4.69) is 62.2 Å². The highest BCUT2D eigenvalue weighted by Crippen LogP contribution is 2.13. The second-order valence-corrected chi connectivity index (χ2v) is 4.16. The first-order valence-electron chi connectivity index (χ1n) is 4.02. The molecule has 0 aliphatic heterocycles. The van der Waals surface area contributed by atoms with Crippen molar-refractivity contribution < 1.29 is 0 Å². The van der Waals surface area contributed by atoms with Crippen LogP contribution in [0.1, 0.15) is 5.56 Å². The van der Waals surface area contributed by atoms with E-state index < -0.39 is 0 Å². The highest BCUT2D eigenvalue weighted by Gasteiger charge is 2.05. The largest absolute Gasteiger partial charge is 0.0925 e. The van der Waals surface area contributed by atoms with Crippen LogP contribution in [0.15, 0.2) is 30.3 Å². The molecule has 0 spiro atoms. The van der Waals surface area contributed by atoms with Gasteiger partial charge < -0.3 is 0 Å². The van der Waals surface area contributed by atoms with Gasteiger partial charge in [-0.15, -0.1) is 0 Å². The van der Waals surface area contributed by atoms with E-state index in [9.17, 15) is 0 Å². The van der Waals surface area contributed by atoms with Crippen molar-refractivity contribution in [2.45, 2.75) is 6.42 Å². The van der Waals surface area contributed by atoms with Crippen LogP contribution in [0.4, 0.5) is 0 Å². The Balaban J connectivity index is 2.51. The van der Waals surface area contributed by atoms with Gasteiger partial charge in [-0.1, -0.05) is 62.2 Å². The van der Waals surface area contributed by atoms with Crippen LogP contribution in [0.5, 0.6) is 0 Å². The maximum absolute atomic E-state index is 3.50. The summed E-state index contributed by atoms with van der Waals surface area (Å²) < 4.78 is 0. The molecule has 12 heavy (non-hydrogen) atoms. The molecule has 0 bridgehead atoms.